The van der Waals surface area contributed by atoms with Crippen molar-refractivity contribution in [3.8, 4) is 5.75 Å². The van der Waals surface area contributed by atoms with Crippen LogP contribution in [0, 0.1) is 0 Å². The smallest absolute Gasteiger partial charge is 0.119 e. The van der Waals surface area contributed by atoms with Crippen molar-refractivity contribution in [3.05, 3.63) is 64.3 Å². The van der Waals surface area contributed by atoms with Gasteiger partial charge in [0.05, 0.1) is 19.8 Å². The van der Waals surface area contributed by atoms with E-state index in [1.54, 1.807) is 14.2 Å². The van der Waals surface area contributed by atoms with Crippen LogP contribution in [0.25, 0.3) is 10.9 Å². The topological polar surface area (TPSA) is 76.1 Å². The van der Waals surface area contributed by atoms with Gasteiger partial charge in [-0.25, -0.2) is 0 Å². The Kier molecular flexibility index (Phi) is 6.14. The second-order valence-corrected chi connectivity index (χ2v) is 8.34. The Morgan fingerprint density at radius 3 is 2.68 bits per heavy atom. The second-order valence-electron chi connectivity index (χ2n) is 8.34. The van der Waals surface area contributed by atoms with Crippen molar-refractivity contribution >= 4 is 17.1 Å². The number of benzene rings is 2. The van der Waals surface area contributed by atoms with Crippen LogP contribution in [0.2, 0.25) is 0 Å². The number of aromatic nitrogens is 1. The Balaban J connectivity index is 1.64. The van der Waals surface area contributed by atoms with Crippen LogP contribution in [0.4, 0.5) is 0 Å². The predicted molar refractivity (Wildman–Crippen MR) is 123 cm³/mol. The molecule has 2 N–H and O–H groups in total. The molecule has 0 spiro atoms. The van der Waals surface area contributed by atoms with Crippen molar-refractivity contribution in [2.24, 2.45) is 4.99 Å². The van der Waals surface area contributed by atoms with E-state index >= 15 is 0 Å². The van der Waals surface area contributed by atoms with E-state index in [0.29, 0.717) is 26.4 Å². The summed E-state index contributed by atoms with van der Waals surface area (Å²) in [5.74, 6) is 0.773. The lowest BCUT2D eigenvalue weighted by atomic mass is 9.70. The number of aliphatic hydroxyl groups is 1. The fourth-order valence-electron chi connectivity index (χ4n) is 4.40. The molecular formula is C25H30N2O4. The van der Waals surface area contributed by atoms with Gasteiger partial charge >= 0.3 is 0 Å². The SMILES string of the molecule is C/N=C\c1ccc2c3c([nH]c2c1)C(C)(C)c1cc(OCCOCCOC)ccc1C3O. The first kappa shape index (κ1) is 21.6. The number of rotatable bonds is 8. The fraction of sp³-hybridized carbons (Fsp3) is 0.400. The highest BCUT2D eigenvalue weighted by molar-refractivity contribution is 5.92. The molecule has 1 unspecified atom stereocenters. The van der Waals surface area contributed by atoms with Gasteiger partial charge in [0.15, 0.2) is 0 Å². The molecule has 1 atom stereocenters. The van der Waals surface area contributed by atoms with Crippen LogP contribution in [-0.2, 0) is 14.9 Å². The molecule has 3 aromatic rings. The highest BCUT2D eigenvalue weighted by atomic mass is 16.5. The van der Waals surface area contributed by atoms with E-state index in [1.165, 1.54) is 0 Å². The lowest BCUT2D eigenvalue weighted by Crippen LogP contribution is -2.29. The molecule has 6 nitrogen and oxygen atoms in total. The van der Waals surface area contributed by atoms with Crippen molar-refractivity contribution in [1.82, 2.24) is 4.98 Å². The minimum absolute atomic E-state index is 0.309. The van der Waals surface area contributed by atoms with Crippen molar-refractivity contribution in [3.63, 3.8) is 0 Å². The van der Waals surface area contributed by atoms with Crippen molar-refractivity contribution < 1.29 is 19.3 Å². The number of aromatic amines is 1. The zero-order chi connectivity index (χ0) is 22.0. The van der Waals surface area contributed by atoms with Gasteiger partial charge < -0.3 is 24.3 Å². The van der Waals surface area contributed by atoms with Crippen molar-refractivity contribution in [2.45, 2.75) is 25.4 Å². The lowest BCUT2D eigenvalue weighted by molar-refractivity contribution is 0.0544. The molecule has 0 aliphatic heterocycles. The number of fused-ring (bicyclic) bond motifs is 4. The number of ether oxygens (including phenoxy) is 3. The number of aliphatic imine (C=N–C) groups is 1. The molecule has 31 heavy (non-hydrogen) atoms. The number of hydrogen-bond acceptors (Lipinski definition) is 5. The molecule has 0 bridgehead atoms. The maximum atomic E-state index is 11.3. The van der Waals surface area contributed by atoms with Crippen LogP contribution in [0.15, 0.2) is 41.4 Å². The maximum absolute atomic E-state index is 11.3. The third-order valence-electron chi connectivity index (χ3n) is 5.96. The summed E-state index contributed by atoms with van der Waals surface area (Å²) >= 11 is 0. The number of nitrogens with zero attached hydrogens (tertiary/aromatic N) is 1. The van der Waals surface area contributed by atoms with Gasteiger partial charge in [-0.2, -0.15) is 0 Å². The molecule has 2 aromatic carbocycles. The van der Waals surface area contributed by atoms with Crippen LogP contribution in [0.1, 0.15) is 47.9 Å². The van der Waals surface area contributed by atoms with Gasteiger partial charge in [-0.05, 0) is 34.9 Å². The summed E-state index contributed by atoms with van der Waals surface area (Å²) in [6.45, 7) is 6.45. The van der Waals surface area contributed by atoms with Crippen LogP contribution < -0.4 is 4.74 Å². The summed E-state index contributed by atoms with van der Waals surface area (Å²) in [4.78, 5) is 7.68. The van der Waals surface area contributed by atoms with Gasteiger partial charge in [0, 0.05) is 47.9 Å². The van der Waals surface area contributed by atoms with Gasteiger partial charge in [-0.1, -0.05) is 32.0 Å². The lowest BCUT2D eigenvalue weighted by Gasteiger charge is -2.35. The van der Waals surface area contributed by atoms with E-state index in [9.17, 15) is 5.11 Å². The highest BCUT2D eigenvalue weighted by Crippen LogP contribution is 2.48. The van der Waals surface area contributed by atoms with E-state index in [-0.39, 0.29) is 5.41 Å². The highest BCUT2D eigenvalue weighted by Gasteiger charge is 2.39. The zero-order valence-electron chi connectivity index (χ0n) is 18.6. The average molecular weight is 423 g/mol. The summed E-state index contributed by atoms with van der Waals surface area (Å²) in [5, 5.41) is 12.3. The summed E-state index contributed by atoms with van der Waals surface area (Å²) in [6.07, 6.45) is 1.14. The first-order valence-corrected chi connectivity index (χ1v) is 10.6. The molecule has 164 valence electrons. The van der Waals surface area contributed by atoms with Crippen LogP contribution in [0.5, 0.6) is 5.75 Å². The Morgan fingerprint density at radius 2 is 1.90 bits per heavy atom. The normalized spacial score (nSPS) is 17.1. The maximum Gasteiger partial charge on any atom is 0.119 e. The minimum Gasteiger partial charge on any atom is -0.491 e. The summed E-state index contributed by atoms with van der Waals surface area (Å²) < 4.78 is 16.3. The van der Waals surface area contributed by atoms with Gasteiger partial charge in [-0.15, -0.1) is 0 Å². The standard InChI is InChI=1S/C25H30N2O4/c1-25(2)20-14-17(31-12-11-30-10-9-29-4)6-8-18(20)23(28)22-19-7-5-16(15-26-3)13-21(19)27-24(22)25/h5-8,13-15,23,27-28H,9-12H2,1-4H3/b26-15-. The molecule has 1 aliphatic carbocycles. The van der Waals surface area contributed by atoms with Crippen LogP contribution in [0.3, 0.4) is 0 Å². The number of hydrogen-bond donors (Lipinski definition) is 2. The Bertz CT molecular complexity index is 1100. The molecule has 4 rings (SSSR count). The van der Waals surface area contributed by atoms with Gasteiger partial charge in [-0.3, -0.25) is 4.99 Å². The number of H-pyrrole nitrogens is 1. The monoisotopic (exact) mass is 422 g/mol. The first-order chi connectivity index (χ1) is 15.0. The van der Waals surface area contributed by atoms with Crippen molar-refractivity contribution in [2.75, 3.05) is 40.6 Å². The molecule has 0 saturated heterocycles. The molecular weight excluding hydrogens is 392 g/mol. The van der Waals surface area contributed by atoms with E-state index in [1.807, 2.05) is 30.5 Å². The zero-order valence-corrected chi connectivity index (χ0v) is 18.6. The van der Waals surface area contributed by atoms with E-state index in [4.69, 9.17) is 14.2 Å². The molecule has 0 saturated carbocycles. The molecule has 0 radical (unpaired) electrons. The van der Waals surface area contributed by atoms with Gasteiger partial charge in [0.2, 0.25) is 0 Å². The van der Waals surface area contributed by atoms with Gasteiger partial charge in [0.25, 0.3) is 0 Å². The van der Waals surface area contributed by atoms with Crippen LogP contribution >= 0.6 is 0 Å². The molecule has 1 aliphatic rings. The first-order valence-electron chi connectivity index (χ1n) is 10.6. The molecule has 1 aromatic heterocycles. The summed E-state index contributed by atoms with van der Waals surface area (Å²) in [5.41, 5.74) is 5.69. The predicted octanol–water partition coefficient (Wildman–Crippen LogP) is 3.98. The second kappa shape index (κ2) is 8.83. The third-order valence-corrected chi connectivity index (χ3v) is 5.96. The van der Waals surface area contributed by atoms with E-state index in [0.717, 1.165) is 44.6 Å². The van der Waals surface area contributed by atoms with Gasteiger partial charge in [0.1, 0.15) is 18.5 Å². The largest absolute Gasteiger partial charge is 0.491 e. The number of aliphatic hydroxyl groups excluding tert-OH is 1. The Morgan fingerprint density at radius 1 is 1.10 bits per heavy atom. The Labute approximate surface area is 182 Å². The quantitative estimate of drug-likeness (QED) is 0.425. The minimum atomic E-state index is -0.691. The van der Waals surface area contributed by atoms with Crippen LogP contribution in [-0.4, -0.2) is 56.9 Å². The van der Waals surface area contributed by atoms with E-state index < -0.39 is 6.10 Å². The van der Waals surface area contributed by atoms with Crippen molar-refractivity contribution in [1.29, 1.82) is 0 Å². The number of nitrogens with one attached hydrogen (secondary N) is 1. The average Bonchev–Trinajstić information content (AvgIpc) is 3.15. The molecule has 0 fully saturated rings. The Hall–Kier alpha value is -2.67. The molecule has 0 amide bonds. The summed E-state index contributed by atoms with van der Waals surface area (Å²) in [7, 11) is 3.42. The number of methoxy groups -OCH3 is 1. The molecule has 6 heteroatoms. The fourth-order valence-corrected chi connectivity index (χ4v) is 4.40. The third kappa shape index (κ3) is 3.99. The molecule has 1 heterocycles. The van der Waals surface area contributed by atoms with E-state index in [2.05, 4.69) is 36.0 Å². The summed E-state index contributed by atoms with van der Waals surface area (Å²) in [6, 6.07) is 12.1.